The van der Waals surface area contributed by atoms with Crippen LogP contribution >= 0.6 is 0 Å². The highest BCUT2D eigenvalue weighted by Crippen LogP contribution is 2.20. The van der Waals surface area contributed by atoms with Gasteiger partial charge in [0.25, 0.3) is 0 Å². The van der Waals surface area contributed by atoms with Crippen LogP contribution in [0.1, 0.15) is 19.3 Å². The van der Waals surface area contributed by atoms with Crippen molar-refractivity contribution < 1.29 is 28.5 Å². The smallest absolute Gasteiger partial charge is 0.224 e. The SMILES string of the molecule is O=C(CCCC(=O)Nc1cccc(OCCOc2ccccc2)c1)Nc1cccc(OCCOc2ccccc2)c1. The molecular formula is C33H34N2O6. The molecule has 0 aliphatic rings. The fourth-order valence-electron chi connectivity index (χ4n) is 3.86. The molecule has 0 spiro atoms. The summed E-state index contributed by atoms with van der Waals surface area (Å²) in [6.45, 7) is 1.56. The molecule has 4 rings (SSSR count). The van der Waals surface area contributed by atoms with E-state index in [0.717, 1.165) is 11.5 Å². The highest BCUT2D eigenvalue weighted by atomic mass is 16.5. The van der Waals surface area contributed by atoms with Gasteiger partial charge < -0.3 is 29.6 Å². The number of carbonyl (C=O) groups is 2. The molecular weight excluding hydrogens is 520 g/mol. The van der Waals surface area contributed by atoms with Crippen molar-refractivity contribution in [1.82, 2.24) is 0 Å². The molecule has 41 heavy (non-hydrogen) atoms. The number of ether oxygens (including phenoxy) is 4. The minimum absolute atomic E-state index is 0.171. The number of para-hydroxylation sites is 2. The van der Waals surface area contributed by atoms with Crippen LogP contribution < -0.4 is 29.6 Å². The predicted molar refractivity (Wildman–Crippen MR) is 159 cm³/mol. The Kier molecular flexibility index (Phi) is 11.5. The van der Waals surface area contributed by atoms with E-state index in [-0.39, 0.29) is 24.7 Å². The Bertz CT molecular complexity index is 1260. The summed E-state index contributed by atoms with van der Waals surface area (Å²) < 4.78 is 22.7. The summed E-state index contributed by atoms with van der Waals surface area (Å²) in [5, 5.41) is 5.71. The number of amides is 2. The molecule has 8 nitrogen and oxygen atoms in total. The molecule has 0 aliphatic heterocycles. The van der Waals surface area contributed by atoms with E-state index in [1.54, 1.807) is 24.3 Å². The first-order chi connectivity index (χ1) is 20.1. The number of benzene rings is 4. The molecule has 212 valence electrons. The number of hydrogen-bond acceptors (Lipinski definition) is 6. The van der Waals surface area contributed by atoms with Gasteiger partial charge in [0.05, 0.1) is 0 Å². The van der Waals surface area contributed by atoms with E-state index >= 15 is 0 Å². The van der Waals surface area contributed by atoms with Crippen molar-refractivity contribution in [3.63, 3.8) is 0 Å². The molecule has 0 aromatic heterocycles. The second-order valence-corrected chi connectivity index (χ2v) is 9.03. The van der Waals surface area contributed by atoms with Crippen LogP contribution in [-0.2, 0) is 9.59 Å². The standard InChI is InChI=1S/C33H34N2O6/c36-32(34-26-10-7-16-30(24-26)40-22-20-38-28-12-3-1-4-13-28)18-9-19-33(37)35-27-11-8-17-31(25-27)41-23-21-39-29-14-5-2-6-15-29/h1-8,10-17,24-25H,9,18-23H2,(H,34,36)(H,35,37). The van der Waals surface area contributed by atoms with Crippen LogP contribution in [0.3, 0.4) is 0 Å². The average Bonchev–Trinajstić information content (AvgIpc) is 2.99. The van der Waals surface area contributed by atoms with Crippen LogP contribution in [0.15, 0.2) is 109 Å². The summed E-state index contributed by atoms with van der Waals surface area (Å²) in [6.07, 6.45) is 0.847. The van der Waals surface area contributed by atoms with Crippen LogP contribution in [0, 0.1) is 0 Å². The summed E-state index contributed by atoms with van der Waals surface area (Å²) in [5.74, 6) is 2.50. The molecule has 2 amide bonds. The number of rotatable bonds is 16. The Balaban J connectivity index is 1.10. The third-order valence-electron chi connectivity index (χ3n) is 5.77. The van der Waals surface area contributed by atoms with Gasteiger partial charge in [0.1, 0.15) is 49.4 Å². The lowest BCUT2D eigenvalue weighted by molar-refractivity contribution is -0.117. The van der Waals surface area contributed by atoms with E-state index in [9.17, 15) is 9.59 Å². The summed E-state index contributed by atoms with van der Waals surface area (Å²) in [4.78, 5) is 24.8. The third kappa shape index (κ3) is 11.0. The first kappa shape index (κ1) is 29.0. The maximum Gasteiger partial charge on any atom is 0.224 e. The van der Waals surface area contributed by atoms with Gasteiger partial charge in [0.15, 0.2) is 0 Å². The van der Waals surface area contributed by atoms with Crippen molar-refractivity contribution in [3.8, 4) is 23.0 Å². The van der Waals surface area contributed by atoms with E-state index in [1.165, 1.54) is 0 Å². The highest BCUT2D eigenvalue weighted by molar-refractivity contribution is 5.93. The van der Waals surface area contributed by atoms with Gasteiger partial charge in [-0.1, -0.05) is 48.5 Å². The van der Waals surface area contributed by atoms with Crippen LogP contribution in [-0.4, -0.2) is 38.2 Å². The van der Waals surface area contributed by atoms with E-state index < -0.39 is 0 Å². The van der Waals surface area contributed by atoms with Crippen LogP contribution in [0.5, 0.6) is 23.0 Å². The Morgan fingerprint density at radius 3 is 1.24 bits per heavy atom. The molecule has 0 fully saturated rings. The summed E-state index contributed by atoms with van der Waals surface area (Å²) in [6, 6.07) is 33.4. The molecule has 0 aliphatic carbocycles. The molecule has 4 aromatic rings. The molecule has 8 heteroatoms. The van der Waals surface area contributed by atoms with E-state index in [1.807, 2.05) is 84.9 Å². The van der Waals surface area contributed by atoms with Crippen LogP contribution in [0.25, 0.3) is 0 Å². The third-order valence-corrected chi connectivity index (χ3v) is 5.77. The van der Waals surface area contributed by atoms with Crippen molar-refractivity contribution in [1.29, 1.82) is 0 Å². The maximum atomic E-state index is 12.4. The Morgan fingerprint density at radius 1 is 0.463 bits per heavy atom. The van der Waals surface area contributed by atoms with Crippen LogP contribution in [0.4, 0.5) is 11.4 Å². The first-order valence-corrected chi connectivity index (χ1v) is 13.6. The van der Waals surface area contributed by atoms with Crippen molar-refractivity contribution in [2.45, 2.75) is 19.3 Å². The van der Waals surface area contributed by atoms with Gasteiger partial charge in [0.2, 0.25) is 11.8 Å². The predicted octanol–water partition coefficient (Wildman–Crippen LogP) is 6.35. The minimum atomic E-state index is -0.171. The summed E-state index contributed by atoms with van der Waals surface area (Å²) in [7, 11) is 0. The molecule has 4 aromatic carbocycles. The Morgan fingerprint density at radius 2 is 0.829 bits per heavy atom. The topological polar surface area (TPSA) is 95.1 Å². The average molecular weight is 555 g/mol. The minimum Gasteiger partial charge on any atom is -0.490 e. The van der Waals surface area contributed by atoms with Gasteiger partial charge >= 0.3 is 0 Å². The zero-order valence-corrected chi connectivity index (χ0v) is 22.8. The second kappa shape index (κ2) is 16.2. The van der Waals surface area contributed by atoms with Crippen LogP contribution in [0.2, 0.25) is 0 Å². The van der Waals surface area contributed by atoms with Gasteiger partial charge in [-0.05, 0) is 55.0 Å². The molecule has 0 unspecified atom stereocenters. The first-order valence-electron chi connectivity index (χ1n) is 13.6. The largest absolute Gasteiger partial charge is 0.490 e. The molecule has 0 atom stereocenters. The van der Waals surface area contributed by atoms with E-state index in [4.69, 9.17) is 18.9 Å². The quantitative estimate of drug-likeness (QED) is 0.157. The second-order valence-electron chi connectivity index (χ2n) is 9.03. The van der Waals surface area contributed by atoms with Crippen molar-refractivity contribution in [2.75, 3.05) is 37.1 Å². The molecule has 2 N–H and O–H groups in total. The molecule has 0 saturated carbocycles. The maximum absolute atomic E-state index is 12.4. The summed E-state index contributed by atoms with van der Waals surface area (Å²) in [5.41, 5.74) is 1.26. The number of hydrogen-bond donors (Lipinski definition) is 2. The van der Waals surface area contributed by atoms with Gasteiger partial charge in [-0.15, -0.1) is 0 Å². The molecule has 0 bridgehead atoms. The van der Waals surface area contributed by atoms with E-state index in [2.05, 4.69) is 10.6 Å². The number of anilines is 2. The fourth-order valence-corrected chi connectivity index (χ4v) is 3.86. The monoisotopic (exact) mass is 554 g/mol. The zero-order valence-electron chi connectivity index (χ0n) is 22.8. The molecule has 0 radical (unpaired) electrons. The van der Waals surface area contributed by atoms with Crippen molar-refractivity contribution in [3.05, 3.63) is 109 Å². The highest BCUT2D eigenvalue weighted by Gasteiger charge is 2.08. The number of nitrogens with one attached hydrogen (secondary N) is 2. The number of carbonyl (C=O) groups excluding carboxylic acids is 2. The lowest BCUT2D eigenvalue weighted by Gasteiger charge is -2.11. The van der Waals surface area contributed by atoms with Gasteiger partial charge in [-0.2, -0.15) is 0 Å². The van der Waals surface area contributed by atoms with Crippen molar-refractivity contribution >= 4 is 23.2 Å². The normalized spacial score (nSPS) is 10.3. The summed E-state index contributed by atoms with van der Waals surface area (Å²) >= 11 is 0. The lowest BCUT2D eigenvalue weighted by Crippen LogP contribution is -2.15. The zero-order chi connectivity index (χ0) is 28.5. The van der Waals surface area contributed by atoms with Crippen molar-refractivity contribution in [2.24, 2.45) is 0 Å². The molecule has 0 saturated heterocycles. The van der Waals surface area contributed by atoms with Gasteiger partial charge in [0, 0.05) is 36.3 Å². The van der Waals surface area contributed by atoms with Gasteiger partial charge in [-0.25, -0.2) is 0 Å². The molecule has 0 heterocycles. The van der Waals surface area contributed by atoms with E-state index in [0.29, 0.717) is 55.7 Å². The fraction of sp³-hybridized carbons (Fsp3) is 0.212. The Labute approximate surface area is 240 Å². The van der Waals surface area contributed by atoms with Gasteiger partial charge in [-0.3, -0.25) is 9.59 Å². The Hall–Kier alpha value is -4.98. The lowest BCUT2D eigenvalue weighted by atomic mass is 10.2.